The maximum Gasteiger partial charge on any atom is 0.0940 e. The number of hydrogen-bond donors (Lipinski definition) is 1. The quantitative estimate of drug-likeness (QED) is 0.869. The molecule has 0 unspecified atom stereocenters. The van der Waals surface area contributed by atoms with Crippen LogP contribution < -0.4 is 5.32 Å². The monoisotopic (exact) mass is 350 g/mol. The SMILES string of the molecule is Cc1csc(CCNC2CC(c3ccc(Br)cc3)C2)n1. The zero-order valence-corrected chi connectivity index (χ0v) is 14.0. The van der Waals surface area contributed by atoms with Gasteiger partial charge in [0, 0.05) is 34.6 Å². The highest BCUT2D eigenvalue weighted by Gasteiger charge is 2.29. The molecular formula is C16H19BrN2S. The van der Waals surface area contributed by atoms with Crippen molar-refractivity contribution in [2.45, 2.75) is 38.1 Å². The van der Waals surface area contributed by atoms with Gasteiger partial charge in [0.1, 0.15) is 0 Å². The summed E-state index contributed by atoms with van der Waals surface area (Å²) < 4.78 is 1.16. The molecule has 1 aliphatic carbocycles. The van der Waals surface area contributed by atoms with Gasteiger partial charge in [-0.3, -0.25) is 0 Å². The molecule has 0 aliphatic heterocycles. The van der Waals surface area contributed by atoms with E-state index in [9.17, 15) is 0 Å². The van der Waals surface area contributed by atoms with E-state index >= 15 is 0 Å². The van der Waals surface area contributed by atoms with Crippen LogP contribution in [0.5, 0.6) is 0 Å². The van der Waals surface area contributed by atoms with Crippen LogP contribution in [0.4, 0.5) is 0 Å². The molecule has 20 heavy (non-hydrogen) atoms. The number of thiazole rings is 1. The van der Waals surface area contributed by atoms with Crippen molar-refractivity contribution < 1.29 is 0 Å². The lowest BCUT2D eigenvalue weighted by Gasteiger charge is -2.36. The van der Waals surface area contributed by atoms with E-state index in [1.807, 2.05) is 0 Å². The Morgan fingerprint density at radius 2 is 2.05 bits per heavy atom. The second-order valence-corrected chi connectivity index (χ2v) is 7.36. The largest absolute Gasteiger partial charge is 0.314 e. The fourth-order valence-corrected chi connectivity index (χ4v) is 3.73. The molecule has 0 bridgehead atoms. The summed E-state index contributed by atoms with van der Waals surface area (Å²) in [6.45, 7) is 3.10. The molecule has 0 atom stereocenters. The summed E-state index contributed by atoms with van der Waals surface area (Å²) in [5, 5.41) is 7.02. The summed E-state index contributed by atoms with van der Waals surface area (Å²) in [4.78, 5) is 4.50. The average Bonchev–Trinajstić information content (AvgIpc) is 2.80. The predicted molar refractivity (Wildman–Crippen MR) is 88.5 cm³/mol. The van der Waals surface area contributed by atoms with Crippen LogP contribution in [0.1, 0.15) is 35.0 Å². The van der Waals surface area contributed by atoms with Gasteiger partial charge < -0.3 is 5.32 Å². The van der Waals surface area contributed by atoms with Gasteiger partial charge in [-0.05, 0) is 43.4 Å². The maximum absolute atomic E-state index is 4.50. The van der Waals surface area contributed by atoms with Crippen LogP contribution in [0.25, 0.3) is 0 Å². The van der Waals surface area contributed by atoms with Gasteiger partial charge in [0.05, 0.1) is 5.01 Å². The van der Waals surface area contributed by atoms with Gasteiger partial charge in [-0.15, -0.1) is 11.3 Å². The van der Waals surface area contributed by atoms with Crippen LogP contribution in [-0.4, -0.2) is 17.6 Å². The number of aryl methyl sites for hydroxylation is 1. The van der Waals surface area contributed by atoms with Crippen LogP contribution in [0.3, 0.4) is 0 Å². The first-order valence-electron chi connectivity index (χ1n) is 7.10. The molecule has 0 radical (unpaired) electrons. The normalized spacial score (nSPS) is 21.7. The maximum atomic E-state index is 4.50. The molecule has 0 spiro atoms. The third kappa shape index (κ3) is 3.48. The highest BCUT2D eigenvalue weighted by Crippen LogP contribution is 2.37. The Kier molecular flexibility index (Phi) is 4.54. The van der Waals surface area contributed by atoms with Gasteiger partial charge in [-0.2, -0.15) is 0 Å². The lowest BCUT2D eigenvalue weighted by atomic mass is 9.76. The Balaban J connectivity index is 1.39. The number of hydrogen-bond acceptors (Lipinski definition) is 3. The third-order valence-electron chi connectivity index (χ3n) is 3.92. The van der Waals surface area contributed by atoms with Crippen molar-refractivity contribution in [1.29, 1.82) is 0 Å². The van der Waals surface area contributed by atoms with Crippen LogP contribution in [0.2, 0.25) is 0 Å². The third-order valence-corrected chi connectivity index (χ3v) is 5.47. The Morgan fingerprint density at radius 1 is 1.30 bits per heavy atom. The van der Waals surface area contributed by atoms with Crippen molar-refractivity contribution in [3.63, 3.8) is 0 Å². The fourth-order valence-electron chi connectivity index (χ4n) is 2.69. The van der Waals surface area contributed by atoms with Gasteiger partial charge in [0.2, 0.25) is 0 Å². The highest BCUT2D eigenvalue weighted by atomic mass is 79.9. The molecule has 2 aromatic rings. The molecule has 1 aliphatic rings. The zero-order chi connectivity index (χ0) is 13.9. The Morgan fingerprint density at radius 3 is 2.70 bits per heavy atom. The molecule has 1 N–H and O–H groups in total. The van der Waals surface area contributed by atoms with Crippen LogP contribution in [-0.2, 0) is 6.42 Å². The molecule has 0 amide bonds. The van der Waals surface area contributed by atoms with Crippen molar-refractivity contribution >= 4 is 27.3 Å². The molecule has 1 saturated carbocycles. The fraction of sp³-hybridized carbons (Fsp3) is 0.438. The lowest BCUT2D eigenvalue weighted by Crippen LogP contribution is -2.40. The first-order chi connectivity index (χ1) is 9.70. The number of nitrogens with zero attached hydrogens (tertiary/aromatic N) is 1. The topological polar surface area (TPSA) is 24.9 Å². The molecule has 1 aromatic carbocycles. The molecule has 1 heterocycles. The number of nitrogens with one attached hydrogen (secondary N) is 1. The van der Waals surface area contributed by atoms with Crippen molar-refractivity contribution in [1.82, 2.24) is 10.3 Å². The summed E-state index contributed by atoms with van der Waals surface area (Å²) in [7, 11) is 0. The van der Waals surface area contributed by atoms with Crippen molar-refractivity contribution in [2.75, 3.05) is 6.54 Å². The molecule has 1 aromatic heterocycles. The summed E-state index contributed by atoms with van der Waals surface area (Å²) >= 11 is 5.26. The summed E-state index contributed by atoms with van der Waals surface area (Å²) in [5.41, 5.74) is 2.62. The minimum atomic E-state index is 0.685. The van der Waals surface area contributed by atoms with Crippen LogP contribution in [0, 0.1) is 6.92 Å². The summed E-state index contributed by atoms with van der Waals surface area (Å²) in [6.07, 6.45) is 3.58. The van der Waals surface area contributed by atoms with Gasteiger partial charge >= 0.3 is 0 Å². The molecule has 3 rings (SSSR count). The van der Waals surface area contributed by atoms with E-state index in [0.29, 0.717) is 6.04 Å². The lowest BCUT2D eigenvalue weighted by molar-refractivity contribution is 0.293. The van der Waals surface area contributed by atoms with Crippen LogP contribution in [0.15, 0.2) is 34.1 Å². The number of halogens is 1. The van der Waals surface area contributed by atoms with E-state index in [1.165, 1.54) is 23.4 Å². The second kappa shape index (κ2) is 6.37. The average molecular weight is 351 g/mol. The molecular weight excluding hydrogens is 332 g/mol. The van der Waals surface area contributed by atoms with E-state index < -0.39 is 0 Å². The van der Waals surface area contributed by atoms with Gasteiger partial charge in [0.15, 0.2) is 0 Å². The minimum Gasteiger partial charge on any atom is -0.314 e. The predicted octanol–water partition coefficient (Wildman–Crippen LogP) is 4.29. The van der Waals surface area contributed by atoms with E-state index in [2.05, 4.69) is 62.8 Å². The molecule has 1 fully saturated rings. The van der Waals surface area contributed by atoms with E-state index in [0.717, 1.165) is 29.1 Å². The molecule has 4 heteroatoms. The standard InChI is InChI=1S/C16H19BrN2S/c1-11-10-20-16(19-11)6-7-18-15-8-13(9-15)12-2-4-14(17)5-3-12/h2-5,10,13,15,18H,6-9H2,1H3. The number of aromatic nitrogens is 1. The number of rotatable bonds is 5. The smallest absolute Gasteiger partial charge is 0.0940 e. The van der Waals surface area contributed by atoms with Crippen LogP contribution >= 0.6 is 27.3 Å². The van der Waals surface area contributed by atoms with Gasteiger partial charge in [-0.25, -0.2) is 4.98 Å². The van der Waals surface area contributed by atoms with E-state index in [-0.39, 0.29) is 0 Å². The zero-order valence-electron chi connectivity index (χ0n) is 11.6. The first kappa shape index (κ1) is 14.2. The Labute approximate surface area is 132 Å². The van der Waals surface area contributed by atoms with Crippen molar-refractivity contribution in [3.05, 3.63) is 50.4 Å². The molecule has 106 valence electrons. The van der Waals surface area contributed by atoms with E-state index in [4.69, 9.17) is 0 Å². The first-order valence-corrected chi connectivity index (χ1v) is 8.78. The Bertz CT molecular complexity index is 558. The molecule has 2 nitrogen and oxygen atoms in total. The Hall–Kier alpha value is -0.710. The number of benzene rings is 1. The summed E-state index contributed by atoms with van der Waals surface area (Å²) in [5.74, 6) is 0.739. The minimum absolute atomic E-state index is 0.685. The summed E-state index contributed by atoms with van der Waals surface area (Å²) in [6, 6.07) is 9.44. The van der Waals surface area contributed by atoms with Gasteiger partial charge in [-0.1, -0.05) is 28.1 Å². The van der Waals surface area contributed by atoms with E-state index in [1.54, 1.807) is 11.3 Å². The molecule has 0 saturated heterocycles. The highest BCUT2D eigenvalue weighted by molar-refractivity contribution is 9.10. The van der Waals surface area contributed by atoms with Crippen molar-refractivity contribution in [3.8, 4) is 0 Å². The van der Waals surface area contributed by atoms with Crippen molar-refractivity contribution in [2.24, 2.45) is 0 Å². The second-order valence-electron chi connectivity index (χ2n) is 5.50. The van der Waals surface area contributed by atoms with Gasteiger partial charge in [0.25, 0.3) is 0 Å².